The van der Waals surface area contributed by atoms with Gasteiger partial charge in [0.2, 0.25) is 0 Å². The van der Waals surface area contributed by atoms with Gasteiger partial charge in [-0.15, -0.1) is 11.8 Å². The lowest BCUT2D eigenvalue weighted by Crippen LogP contribution is -2.50. The minimum Gasteiger partial charge on any atom is -0.427 e. The van der Waals surface area contributed by atoms with Gasteiger partial charge < -0.3 is 19.5 Å². The molecule has 2 aliphatic carbocycles. The maximum atomic E-state index is 10.6. The van der Waals surface area contributed by atoms with Crippen LogP contribution in [0, 0.1) is 18.8 Å². The quantitative estimate of drug-likeness (QED) is 0.472. The highest BCUT2D eigenvalue weighted by Gasteiger charge is 2.41. The van der Waals surface area contributed by atoms with E-state index in [0.717, 1.165) is 22.1 Å². The summed E-state index contributed by atoms with van der Waals surface area (Å²) in [5.41, 5.74) is 2.23. The Labute approximate surface area is 235 Å². The zero-order valence-corrected chi connectivity index (χ0v) is 25.4. The lowest BCUT2D eigenvalue weighted by Gasteiger charge is -2.38. The van der Waals surface area contributed by atoms with Crippen molar-refractivity contribution in [1.82, 2.24) is 0 Å². The number of aliphatic hydroxyl groups is 2. The van der Waals surface area contributed by atoms with E-state index in [-0.39, 0.29) is 0 Å². The Morgan fingerprint density at radius 1 is 0.737 bits per heavy atom. The Balaban J connectivity index is 1.66. The Kier molecular flexibility index (Phi) is 8.13. The van der Waals surface area contributed by atoms with Crippen LogP contribution < -0.4 is 10.9 Å². The topological polar surface area (TPSA) is 58.9 Å². The van der Waals surface area contributed by atoms with Gasteiger partial charge in [0.25, 0.3) is 0 Å². The standard InChI is InChI=1S/C31H44B2O4S/c1-19-24(32-36-30(6,7)28(2,3)34)16-21(17-25(19)33-37-31(8,9)29(4,5)35)20-14-15-23-22-12-10-11-13-26(22)38-27(23)18-20/h10-18,22-23,26-27,32-35H,1-9H3. The van der Waals surface area contributed by atoms with Gasteiger partial charge in [-0.05, 0) is 84.4 Å². The first kappa shape index (κ1) is 29.5. The molecule has 0 amide bonds. The molecule has 2 N–H and O–H groups in total. The minimum atomic E-state index is -0.982. The average Bonchev–Trinajstić information content (AvgIpc) is 3.19. The maximum absolute atomic E-state index is 10.6. The Morgan fingerprint density at radius 3 is 1.76 bits per heavy atom. The third-order valence-electron chi connectivity index (χ3n) is 9.18. The van der Waals surface area contributed by atoms with Crippen molar-refractivity contribution in [2.45, 2.75) is 95.2 Å². The molecule has 0 radical (unpaired) electrons. The van der Waals surface area contributed by atoms with E-state index in [9.17, 15) is 10.2 Å². The average molecular weight is 534 g/mol. The zero-order chi connectivity index (χ0) is 28.1. The molecule has 0 aromatic heterocycles. The van der Waals surface area contributed by atoms with Crippen molar-refractivity contribution >= 4 is 43.2 Å². The predicted molar refractivity (Wildman–Crippen MR) is 165 cm³/mol. The summed E-state index contributed by atoms with van der Waals surface area (Å²) in [5.74, 6) is 1.08. The molecule has 1 aromatic rings. The molecule has 1 aliphatic heterocycles. The van der Waals surface area contributed by atoms with Gasteiger partial charge >= 0.3 is 15.0 Å². The first-order valence-electron chi connectivity index (χ1n) is 13.8. The summed E-state index contributed by atoms with van der Waals surface area (Å²) >= 11 is 2.05. The Hall–Kier alpha value is -1.50. The molecule has 0 saturated carbocycles. The van der Waals surface area contributed by atoms with Gasteiger partial charge in [0.05, 0.1) is 22.4 Å². The van der Waals surface area contributed by atoms with Crippen LogP contribution in [-0.4, -0.2) is 58.1 Å². The molecule has 4 nitrogen and oxygen atoms in total. The van der Waals surface area contributed by atoms with E-state index in [1.807, 2.05) is 27.7 Å². The van der Waals surface area contributed by atoms with Gasteiger partial charge in [0.1, 0.15) is 0 Å². The molecular formula is C31H44B2O4S. The normalized spacial score (nSPS) is 25.2. The summed E-state index contributed by atoms with van der Waals surface area (Å²) in [7, 11) is 0.770. The van der Waals surface area contributed by atoms with Crippen LogP contribution in [0.2, 0.25) is 0 Å². The fourth-order valence-electron chi connectivity index (χ4n) is 4.78. The Bertz CT molecular complexity index is 1120. The molecule has 1 aromatic carbocycles. The molecule has 4 unspecified atom stereocenters. The van der Waals surface area contributed by atoms with Gasteiger partial charge in [0, 0.05) is 22.3 Å². The van der Waals surface area contributed by atoms with Crippen LogP contribution >= 0.6 is 11.8 Å². The highest BCUT2D eigenvalue weighted by molar-refractivity contribution is 8.01. The maximum Gasteiger partial charge on any atom is 0.309 e. The number of benzene rings is 1. The lowest BCUT2D eigenvalue weighted by atomic mass is 9.71. The largest absolute Gasteiger partial charge is 0.427 e. The SMILES string of the molecule is Cc1c(BOC(C)(C)C(C)(C)O)cc(C2=CC3SC4C=CC=CC4C3C=C2)cc1BOC(C)(C)C(C)(C)O. The molecular weight excluding hydrogens is 490 g/mol. The van der Waals surface area contributed by atoms with E-state index in [0.29, 0.717) is 37.3 Å². The van der Waals surface area contributed by atoms with Crippen molar-refractivity contribution < 1.29 is 19.5 Å². The number of hydrogen-bond donors (Lipinski definition) is 2. The number of fused-ring (bicyclic) bond motifs is 3. The van der Waals surface area contributed by atoms with E-state index in [4.69, 9.17) is 9.31 Å². The first-order chi connectivity index (χ1) is 17.5. The smallest absolute Gasteiger partial charge is 0.309 e. The predicted octanol–water partition coefficient (Wildman–Crippen LogP) is 3.88. The Morgan fingerprint density at radius 2 is 1.24 bits per heavy atom. The van der Waals surface area contributed by atoms with Crippen LogP contribution in [0.15, 0.2) is 54.7 Å². The van der Waals surface area contributed by atoms with Gasteiger partial charge in [-0.1, -0.05) is 60.2 Å². The second-order valence-corrected chi connectivity index (χ2v) is 14.5. The lowest BCUT2D eigenvalue weighted by molar-refractivity contribution is -0.0894. The molecule has 1 saturated heterocycles. The van der Waals surface area contributed by atoms with E-state index in [1.165, 1.54) is 5.57 Å². The summed E-state index contributed by atoms with van der Waals surface area (Å²) in [5, 5.41) is 22.2. The number of allylic oxidation sites excluding steroid dienone is 6. The molecule has 1 fully saturated rings. The van der Waals surface area contributed by atoms with E-state index >= 15 is 0 Å². The molecule has 7 heteroatoms. The van der Waals surface area contributed by atoms with Crippen molar-refractivity contribution in [3.63, 3.8) is 0 Å². The van der Waals surface area contributed by atoms with Crippen LogP contribution in [-0.2, 0) is 9.31 Å². The van der Waals surface area contributed by atoms with Crippen molar-refractivity contribution in [3.05, 3.63) is 65.8 Å². The van der Waals surface area contributed by atoms with Gasteiger partial charge in [-0.25, -0.2) is 0 Å². The second kappa shape index (κ2) is 10.5. The summed E-state index contributed by atoms with van der Waals surface area (Å²) < 4.78 is 12.6. The van der Waals surface area contributed by atoms with Crippen molar-refractivity contribution in [3.8, 4) is 0 Å². The minimum absolute atomic E-state index is 0.385. The van der Waals surface area contributed by atoms with Gasteiger partial charge in [-0.2, -0.15) is 0 Å². The summed E-state index contributed by atoms with van der Waals surface area (Å²) in [6, 6.07) is 4.45. The molecule has 38 heavy (non-hydrogen) atoms. The molecule has 0 bridgehead atoms. The number of rotatable bonds is 9. The first-order valence-corrected chi connectivity index (χ1v) is 14.7. The van der Waals surface area contributed by atoms with Gasteiger partial charge in [-0.3, -0.25) is 0 Å². The third kappa shape index (κ3) is 5.97. The zero-order valence-electron chi connectivity index (χ0n) is 24.5. The van der Waals surface area contributed by atoms with E-state index in [1.54, 1.807) is 27.7 Å². The van der Waals surface area contributed by atoms with Crippen LogP contribution in [0.25, 0.3) is 5.57 Å². The van der Waals surface area contributed by atoms with Crippen molar-refractivity contribution in [2.24, 2.45) is 11.8 Å². The number of thioether (sulfide) groups is 1. The monoisotopic (exact) mass is 534 g/mol. The van der Waals surface area contributed by atoms with Crippen molar-refractivity contribution in [2.75, 3.05) is 0 Å². The summed E-state index contributed by atoms with van der Waals surface area (Å²) in [4.78, 5) is 0. The molecule has 4 atom stereocenters. The highest BCUT2D eigenvalue weighted by Crippen LogP contribution is 2.49. The molecule has 3 aliphatic rings. The molecule has 4 rings (SSSR count). The van der Waals surface area contributed by atoms with Crippen molar-refractivity contribution in [1.29, 1.82) is 0 Å². The summed E-state index contributed by atoms with van der Waals surface area (Å²) in [6.45, 7) is 16.9. The fraction of sp³-hybridized carbons (Fsp3) is 0.548. The second-order valence-electron chi connectivity index (χ2n) is 13.1. The van der Waals surface area contributed by atoms with E-state index < -0.39 is 22.4 Å². The fourth-order valence-corrected chi connectivity index (χ4v) is 6.46. The van der Waals surface area contributed by atoms with Crippen LogP contribution in [0.5, 0.6) is 0 Å². The summed E-state index contributed by atoms with van der Waals surface area (Å²) in [6.07, 6.45) is 16.1. The molecule has 1 heterocycles. The van der Waals surface area contributed by atoms with Gasteiger partial charge in [0.15, 0.2) is 0 Å². The number of hydrogen-bond acceptors (Lipinski definition) is 5. The van der Waals surface area contributed by atoms with Crippen LogP contribution in [0.1, 0.15) is 66.5 Å². The third-order valence-corrected chi connectivity index (χ3v) is 10.7. The highest BCUT2D eigenvalue weighted by atomic mass is 32.2. The van der Waals surface area contributed by atoms with Crippen LogP contribution in [0.3, 0.4) is 0 Å². The molecule has 204 valence electrons. The molecule has 0 spiro atoms. The van der Waals surface area contributed by atoms with Crippen LogP contribution in [0.4, 0.5) is 0 Å². The van der Waals surface area contributed by atoms with E-state index in [2.05, 4.69) is 73.4 Å².